The largest absolute Gasteiger partial charge is 0.488 e. The van der Waals surface area contributed by atoms with E-state index in [-0.39, 0.29) is 18.2 Å². The normalized spacial score (nSPS) is 21.4. The molecule has 2 aliphatic rings. The quantitative estimate of drug-likeness (QED) is 0.355. The van der Waals surface area contributed by atoms with Crippen molar-refractivity contribution in [3.8, 4) is 5.75 Å². The van der Waals surface area contributed by atoms with Gasteiger partial charge in [-0.15, -0.1) is 0 Å². The smallest absolute Gasteiger partial charge is 0.339 e. The van der Waals surface area contributed by atoms with Crippen LogP contribution in [0, 0.1) is 19.8 Å². The van der Waals surface area contributed by atoms with Crippen LogP contribution >= 0.6 is 23.2 Å². The average molecular weight is 559 g/mol. The van der Waals surface area contributed by atoms with Crippen molar-refractivity contribution in [2.75, 3.05) is 13.1 Å². The second-order valence-corrected chi connectivity index (χ2v) is 11.5. The number of amides is 1. The Hall–Kier alpha value is -2.54. The number of fused-ring (bicyclic) bond motifs is 2. The number of hydrogen-bond donors (Lipinski definition) is 1. The first-order chi connectivity index (χ1) is 18.2. The maximum atomic E-state index is 13.0. The van der Waals surface area contributed by atoms with Gasteiger partial charge < -0.3 is 19.2 Å². The predicted molar refractivity (Wildman–Crippen MR) is 149 cm³/mol. The number of halogens is 2. The fraction of sp³-hybridized carbons (Fsp3) is 0.467. The molecular weight excluding hydrogens is 525 g/mol. The fourth-order valence-electron chi connectivity index (χ4n) is 5.99. The number of aliphatic hydroxyl groups is 1. The lowest BCUT2D eigenvalue weighted by molar-refractivity contribution is -0.143. The maximum absolute atomic E-state index is 13.0. The summed E-state index contributed by atoms with van der Waals surface area (Å²) in [6.07, 6.45) is 5.16. The summed E-state index contributed by atoms with van der Waals surface area (Å²) in [5, 5.41) is 12.7. The molecule has 1 aromatic heterocycles. The number of carbonyl (C=O) groups excluding carboxylic acids is 1. The zero-order chi connectivity index (χ0) is 27.0. The monoisotopic (exact) mass is 557 g/mol. The van der Waals surface area contributed by atoms with Crippen LogP contribution in [-0.4, -0.2) is 34.6 Å². The fourth-order valence-corrected chi connectivity index (χ4v) is 6.31. The van der Waals surface area contributed by atoms with E-state index in [1.165, 1.54) is 0 Å². The Morgan fingerprint density at radius 2 is 1.95 bits per heavy atom. The molecule has 0 unspecified atom stereocenters. The van der Waals surface area contributed by atoms with Crippen LogP contribution in [0.2, 0.25) is 10.0 Å². The number of piperidine rings is 1. The van der Waals surface area contributed by atoms with Crippen LogP contribution in [0.25, 0.3) is 11.0 Å². The van der Waals surface area contributed by atoms with E-state index in [2.05, 4.69) is 0 Å². The van der Waals surface area contributed by atoms with Crippen LogP contribution in [0.15, 0.2) is 39.5 Å². The molecule has 2 fully saturated rings. The Bertz CT molecular complexity index is 1430. The van der Waals surface area contributed by atoms with Crippen molar-refractivity contribution >= 4 is 40.1 Å². The molecular formula is C30H33Cl2NO5. The predicted octanol–water partition coefficient (Wildman–Crippen LogP) is 6.38. The van der Waals surface area contributed by atoms with Gasteiger partial charge in [-0.3, -0.25) is 4.79 Å². The highest BCUT2D eigenvalue weighted by atomic mass is 35.5. The van der Waals surface area contributed by atoms with E-state index in [9.17, 15) is 14.7 Å². The molecule has 1 amide bonds. The molecule has 3 aromatic rings. The van der Waals surface area contributed by atoms with Gasteiger partial charge in [0.15, 0.2) is 0 Å². The summed E-state index contributed by atoms with van der Waals surface area (Å²) in [5.41, 5.74) is 2.41. The summed E-state index contributed by atoms with van der Waals surface area (Å²) >= 11 is 12.1. The third-order valence-corrected chi connectivity index (χ3v) is 9.14. The number of carbonyl (C=O) groups is 1. The number of rotatable bonds is 6. The SMILES string of the molecule is Cc1c(CCC(=O)N2CC[C@]3(O)CCCC[C@H]3C2)c(=O)oc2c(C)c(OCc3ccc(Cl)c(Cl)c3)ccc12. The minimum absolute atomic E-state index is 0.0266. The highest BCUT2D eigenvalue weighted by molar-refractivity contribution is 6.42. The molecule has 0 spiro atoms. The standard InChI is InChI=1S/C30H33Cl2NO5/c1-18-22-7-10-26(37-17-20-6-9-24(31)25(32)15-20)19(2)28(22)38-29(35)23(18)8-11-27(34)33-14-13-30(36)12-4-3-5-21(30)16-33/h6-7,9-10,15,21,36H,3-5,8,11-14,16-17H2,1-2H3/t21-,30+/m0/s1. The molecule has 2 heterocycles. The van der Waals surface area contributed by atoms with Gasteiger partial charge in [-0.1, -0.05) is 42.1 Å². The van der Waals surface area contributed by atoms with Crippen LogP contribution in [0.3, 0.4) is 0 Å². The van der Waals surface area contributed by atoms with Gasteiger partial charge in [-0.25, -0.2) is 4.79 Å². The molecule has 1 aliphatic heterocycles. The van der Waals surface area contributed by atoms with E-state index < -0.39 is 11.2 Å². The Morgan fingerprint density at radius 1 is 1.13 bits per heavy atom. The topological polar surface area (TPSA) is 80.0 Å². The summed E-state index contributed by atoms with van der Waals surface area (Å²) < 4.78 is 11.8. The molecule has 6 nitrogen and oxygen atoms in total. The maximum Gasteiger partial charge on any atom is 0.339 e. The zero-order valence-corrected chi connectivity index (χ0v) is 23.3. The Morgan fingerprint density at radius 3 is 2.74 bits per heavy atom. The number of hydrogen-bond acceptors (Lipinski definition) is 5. The number of aryl methyl sites for hydroxylation is 2. The molecule has 2 atom stereocenters. The van der Waals surface area contributed by atoms with Crippen molar-refractivity contribution in [3.05, 3.63) is 73.1 Å². The van der Waals surface area contributed by atoms with Gasteiger partial charge in [0, 0.05) is 41.9 Å². The third-order valence-electron chi connectivity index (χ3n) is 8.40. The molecule has 1 N–H and O–H groups in total. The van der Waals surface area contributed by atoms with E-state index in [0.717, 1.165) is 47.8 Å². The molecule has 5 rings (SSSR count). The van der Waals surface area contributed by atoms with E-state index in [1.807, 2.05) is 36.9 Å². The first-order valence-electron chi connectivity index (χ1n) is 13.3. The second kappa shape index (κ2) is 10.9. The summed E-state index contributed by atoms with van der Waals surface area (Å²) in [7, 11) is 0. The third kappa shape index (κ3) is 5.31. The Labute approximate surface area is 232 Å². The van der Waals surface area contributed by atoms with Crippen LogP contribution < -0.4 is 10.4 Å². The van der Waals surface area contributed by atoms with Crippen molar-refractivity contribution in [1.82, 2.24) is 4.90 Å². The van der Waals surface area contributed by atoms with Crippen molar-refractivity contribution in [2.45, 2.75) is 71.0 Å². The van der Waals surface area contributed by atoms with Gasteiger partial charge >= 0.3 is 5.63 Å². The highest BCUT2D eigenvalue weighted by Gasteiger charge is 2.43. The lowest BCUT2D eigenvalue weighted by Crippen LogP contribution is -2.54. The molecule has 0 radical (unpaired) electrons. The average Bonchev–Trinajstić information content (AvgIpc) is 2.89. The van der Waals surface area contributed by atoms with Gasteiger partial charge in [0.25, 0.3) is 0 Å². The minimum atomic E-state index is -0.618. The summed E-state index contributed by atoms with van der Waals surface area (Å²) in [6, 6.07) is 9.10. The molecule has 2 aromatic carbocycles. The van der Waals surface area contributed by atoms with Crippen LogP contribution in [0.1, 0.15) is 60.8 Å². The number of likely N-dealkylation sites (tertiary alicyclic amines) is 1. The van der Waals surface area contributed by atoms with E-state index in [4.69, 9.17) is 32.4 Å². The minimum Gasteiger partial charge on any atom is -0.488 e. The van der Waals surface area contributed by atoms with Gasteiger partial charge in [-0.2, -0.15) is 0 Å². The van der Waals surface area contributed by atoms with Crippen molar-refractivity contribution < 1.29 is 19.1 Å². The number of benzene rings is 2. The van der Waals surface area contributed by atoms with Gasteiger partial charge in [-0.05, 0) is 74.9 Å². The zero-order valence-electron chi connectivity index (χ0n) is 21.8. The summed E-state index contributed by atoms with van der Waals surface area (Å²) in [4.78, 5) is 27.9. The van der Waals surface area contributed by atoms with E-state index >= 15 is 0 Å². The van der Waals surface area contributed by atoms with Crippen molar-refractivity contribution in [1.29, 1.82) is 0 Å². The summed E-state index contributed by atoms with van der Waals surface area (Å²) in [5.74, 6) is 0.790. The van der Waals surface area contributed by atoms with Crippen molar-refractivity contribution in [3.63, 3.8) is 0 Å². The van der Waals surface area contributed by atoms with E-state index in [0.29, 0.717) is 59.5 Å². The molecule has 202 valence electrons. The summed E-state index contributed by atoms with van der Waals surface area (Å²) in [6.45, 7) is 5.23. The Kier molecular flexibility index (Phi) is 7.77. The molecule has 38 heavy (non-hydrogen) atoms. The number of nitrogens with zero attached hydrogens (tertiary/aromatic N) is 1. The lowest BCUT2D eigenvalue weighted by atomic mass is 9.71. The Balaban J connectivity index is 1.28. The molecule has 8 heteroatoms. The lowest BCUT2D eigenvalue weighted by Gasteiger charge is -2.47. The van der Waals surface area contributed by atoms with Gasteiger partial charge in [0.2, 0.25) is 5.91 Å². The van der Waals surface area contributed by atoms with E-state index in [1.54, 1.807) is 12.1 Å². The van der Waals surface area contributed by atoms with Crippen LogP contribution in [0.5, 0.6) is 5.75 Å². The first kappa shape index (κ1) is 27.0. The number of ether oxygens (including phenoxy) is 1. The second-order valence-electron chi connectivity index (χ2n) is 10.7. The van der Waals surface area contributed by atoms with Crippen LogP contribution in [-0.2, 0) is 17.8 Å². The molecule has 1 saturated carbocycles. The molecule has 1 aliphatic carbocycles. The highest BCUT2D eigenvalue weighted by Crippen LogP contribution is 2.40. The van der Waals surface area contributed by atoms with Gasteiger partial charge in [0.1, 0.15) is 17.9 Å². The van der Waals surface area contributed by atoms with Gasteiger partial charge in [0.05, 0.1) is 15.6 Å². The van der Waals surface area contributed by atoms with Crippen LogP contribution in [0.4, 0.5) is 0 Å². The molecule has 0 bridgehead atoms. The van der Waals surface area contributed by atoms with Crippen molar-refractivity contribution in [2.24, 2.45) is 5.92 Å². The molecule has 1 saturated heterocycles. The first-order valence-corrected chi connectivity index (χ1v) is 14.0.